The van der Waals surface area contributed by atoms with Crippen molar-refractivity contribution in [3.63, 3.8) is 0 Å². The SMILES string of the molecule is CCN1CCN(CCCNC(=O)c2c(Cl)ccc(Cl)c2OC)CC1. The van der Waals surface area contributed by atoms with Gasteiger partial charge >= 0.3 is 0 Å². The van der Waals surface area contributed by atoms with Crippen molar-refractivity contribution < 1.29 is 9.53 Å². The summed E-state index contributed by atoms with van der Waals surface area (Å²) in [7, 11) is 1.48. The van der Waals surface area contributed by atoms with Crippen LogP contribution in [0.15, 0.2) is 12.1 Å². The molecule has 24 heavy (non-hydrogen) atoms. The Hall–Kier alpha value is -1.01. The van der Waals surface area contributed by atoms with Crippen LogP contribution in [0.5, 0.6) is 5.75 Å². The lowest BCUT2D eigenvalue weighted by Gasteiger charge is -2.33. The van der Waals surface area contributed by atoms with E-state index in [1.807, 2.05) is 0 Å². The minimum Gasteiger partial charge on any atom is -0.494 e. The quantitative estimate of drug-likeness (QED) is 0.746. The van der Waals surface area contributed by atoms with E-state index in [-0.39, 0.29) is 5.91 Å². The zero-order valence-electron chi connectivity index (χ0n) is 14.3. The van der Waals surface area contributed by atoms with Crippen molar-refractivity contribution in [2.24, 2.45) is 0 Å². The third-order valence-corrected chi connectivity index (χ3v) is 4.95. The average molecular weight is 374 g/mol. The molecule has 0 spiro atoms. The molecule has 1 heterocycles. The summed E-state index contributed by atoms with van der Waals surface area (Å²) in [6.45, 7) is 9.32. The predicted molar refractivity (Wildman–Crippen MR) is 98.5 cm³/mol. The Morgan fingerprint density at radius 2 is 1.79 bits per heavy atom. The van der Waals surface area contributed by atoms with E-state index in [4.69, 9.17) is 27.9 Å². The van der Waals surface area contributed by atoms with Gasteiger partial charge in [-0.25, -0.2) is 0 Å². The molecule has 0 aromatic heterocycles. The molecule has 0 saturated carbocycles. The second-order valence-electron chi connectivity index (χ2n) is 5.82. The lowest BCUT2D eigenvalue weighted by molar-refractivity contribution is 0.0945. The molecule has 134 valence electrons. The Kier molecular flexibility index (Phi) is 7.62. The van der Waals surface area contributed by atoms with Gasteiger partial charge in [0, 0.05) is 32.7 Å². The van der Waals surface area contributed by atoms with Crippen LogP contribution in [0.4, 0.5) is 0 Å². The fraction of sp³-hybridized carbons (Fsp3) is 0.588. The summed E-state index contributed by atoms with van der Waals surface area (Å²) in [5.41, 5.74) is 0.295. The molecule has 1 aromatic rings. The molecule has 0 atom stereocenters. The summed E-state index contributed by atoms with van der Waals surface area (Å²) in [6, 6.07) is 3.23. The third-order valence-electron chi connectivity index (χ3n) is 4.34. The first-order valence-corrected chi connectivity index (χ1v) is 9.07. The van der Waals surface area contributed by atoms with Crippen molar-refractivity contribution in [1.29, 1.82) is 0 Å². The number of ether oxygens (including phenoxy) is 1. The lowest BCUT2D eigenvalue weighted by Crippen LogP contribution is -2.46. The first kappa shape index (κ1) is 19.3. The maximum atomic E-state index is 12.4. The molecule has 0 radical (unpaired) electrons. The van der Waals surface area contributed by atoms with Crippen LogP contribution in [0.2, 0.25) is 10.0 Å². The zero-order valence-corrected chi connectivity index (χ0v) is 15.8. The number of carbonyl (C=O) groups excluding carboxylic acids is 1. The molecule has 1 aliphatic heterocycles. The van der Waals surface area contributed by atoms with Crippen molar-refractivity contribution in [3.05, 3.63) is 27.7 Å². The topological polar surface area (TPSA) is 44.8 Å². The maximum absolute atomic E-state index is 12.4. The molecular formula is C17H25Cl2N3O2. The molecule has 0 unspecified atom stereocenters. The van der Waals surface area contributed by atoms with Crippen molar-refractivity contribution in [3.8, 4) is 5.75 Å². The van der Waals surface area contributed by atoms with Gasteiger partial charge in [0.05, 0.1) is 17.2 Å². The number of nitrogens with one attached hydrogen (secondary N) is 1. The summed E-state index contributed by atoms with van der Waals surface area (Å²) in [6.07, 6.45) is 0.901. The number of hydrogen-bond donors (Lipinski definition) is 1. The molecule has 1 saturated heterocycles. The molecule has 1 aliphatic rings. The van der Waals surface area contributed by atoms with Crippen LogP contribution in [0.1, 0.15) is 23.7 Å². The second kappa shape index (κ2) is 9.47. The number of piperazine rings is 1. The van der Waals surface area contributed by atoms with Gasteiger partial charge in [-0.15, -0.1) is 0 Å². The molecule has 0 aliphatic carbocycles. The van der Waals surface area contributed by atoms with E-state index >= 15 is 0 Å². The largest absolute Gasteiger partial charge is 0.494 e. The van der Waals surface area contributed by atoms with Crippen molar-refractivity contribution in [2.75, 3.05) is 52.9 Å². The van der Waals surface area contributed by atoms with Crippen LogP contribution in [-0.2, 0) is 0 Å². The van der Waals surface area contributed by atoms with E-state index < -0.39 is 0 Å². The highest BCUT2D eigenvalue weighted by Crippen LogP contribution is 2.33. The number of carbonyl (C=O) groups is 1. The number of nitrogens with zero attached hydrogens (tertiary/aromatic N) is 2. The molecule has 2 rings (SSSR count). The van der Waals surface area contributed by atoms with E-state index in [2.05, 4.69) is 22.0 Å². The number of halogens is 2. The molecule has 5 nitrogen and oxygen atoms in total. The van der Waals surface area contributed by atoms with Gasteiger partial charge in [-0.3, -0.25) is 4.79 Å². The van der Waals surface area contributed by atoms with Crippen LogP contribution in [-0.4, -0.2) is 68.6 Å². The minimum absolute atomic E-state index is 0.254. The Bertz CT molecular complexity index is 561. The summed E-state index contributed by atoms with van der Waals surface area (Å²) in [5, 5.41) is 3.62. The monoisotopic (exact) mass is 373 g/mol. The number of methoxy groups -OCH3 is 1. The normalized spacial score (nSPS) is 16.2. The first-order valence-electron chi connectivity index (χ1n) is 8.31. The summed E-state index contributed by atoms with van der Waals surface area (Å²) in [4.78, 5) is 17.3. The smallest absolute Gasteiger partial charge is 0.256 e. The number of likely N-dealkylation sites (N-methyl/N-ethyl adjacent to an activating group) is 1. The van der Waals surface area contributed by atoms with E-state index in [1.165, 1.54) is 7.11 Å². The number of rotatable bonds is 7. The summed E-state index contributed by atoms with van der Waals surface area (Å²) >= 11 is 12.2. The van der Waals surface area contributed by atoms with Gasteiger partial charge in [0.2, 0.25) is 0 Å². The van der Waals surface area contributed by atoms with E-state index in [0.717, 1.165) is 45.7 Å². The van der Waals surface area contributed by atoms with Crippen LogP contribution in [0.25, 0.3) is 0 Å². The Morgan fingerprint density at radius 3 is 2.42 bits per heavy atom. The summed E-state index contributed by atoms with van der Waals surface area (Å²) in [5.74, 6) is 0.0625. The Morgan fingerprint density at radius 1 is 1.17 bits per heavy atom. The second-order valence-corrected chi connectivity index (χ2v) is 6.64. The third kappa shape index (κ3) is 4.99. The minimum atomic E-state index is -0.254. The molecule has 1 aromatic carbocycles. The molecule has 1 N–H and O–H groups in total. The molecule has 1 amide bonds. The Balaban J connectivity index is 1.79. The highest BCUT2D eigenvalue weighted by atomic mass is 35.5. The lowest BCUT2D eigenvalue weighted by atomic mass is 10.2. The van der Waals surface area contributed by atoms with Crippen LogP contribution in [0.3, 0.4) is 0 Å². The average Bonchev–Trinajstić information content (AvgIpc) is 2.60. The van der Waals surface area contributed by atoms with Gasteiger partial charge in [0.15, 0.2) is 5.75 Å². The van der Waals surface area contributed by atoms with E-state index in [0.29, 0.717) is 27.9 Å². The molecule has 7 heteroatoms. The zero-order chi connectivity index (χ0) is 17.5. The van der Waals surface area contributed by atoms with Gasteiger partial charge < -0.3 is 19.9 Å². The van der Waals surface area contributed by atoms with Gasteiger partial charge in [-0.1, -0.05) is 30.1 Å². The number of benzene rings is 1. The van der Waals surface area contributed by atoms with Crippen molar-refractivity contribution >= 4 is 29.1 Å². The predicted octanol–water partition coefficient (Wildman–Crippen LogP) is 2.76. The first-order chi connectivity index (χ1) is 11.6. The number of hydrogen-bond acceptors (Lipinski definition) is 4. The van der Waals surface area contributed by atoms with E-state index in [9.17, 15) is 4.79 Å². The van der Waals surface area contributed by atoms with Gasteiger partial charge in [-0.05, 0) is 31.6 Å². The fourth-order valence-electron chi connectivity index (χ4n) is 2.87. The standard InChI is InChI=1S/C17H25Cl2N3O2/c1-3-21-9-11-22(12-10-21)8-4-7-20-17(23)15-13(18)5-6-14(19)16(15)24-2/h5-6H,3-4,7-12H2,1-2H3,(H,20,23). The number of amides is 1. The Labute approximate surface area is 153 Å². The molecular weight excluding hydrogens is 349 g/mol. The van der Waals surface area contributed by atoms with Crippen molar-refractivity contribution in [1.82, 2.24) is 15.1 Å². The fourth-order valence-corrected chi connectivity index (χ4v) is 3.34. The highest BCUT2D eigenvalue weighted by Gasteiger charge is 2.19. The molecule has 1 fully saturated rings. The highest BCUT2D eigenvalue weighted by molar-refractivity contribution is 6.37. The maximum Gasteiger partial charge on any atom is 0.256 e. The van der Waals surface area contributed by atoms with Crippen LogP contribution in [0, 0.1) is 0 Å². The van der Waals surface area contributed by atoms with E-state index in [1.54, 1.807) is 12.1 Å². The van der Waals surface area contributed by atoms with Gasteiger partial charge in [-0.2, -0.15) is 0 Å². The van der Waals surface area contributed by atoms with Gasteiger partial charge in [0.25, 0.3) is 5.91 Å². The summed E-state index contributed by atoms with van der Waals surface area (Å²) < 4.78 is 5.21. The van der Waals surface area contributed by atoms with Crippen LogP contribution >= 0.6 is 23.2 Å². The molecule has 0 bridgehead atoms. The van der Waals surface area contributed by atoms with Crippen LogP contribution < -0.4 is 10.1 Å². The van der Waals surface area contributed by atoms with Crippen molar-refractivity contribution in [2.45, 2.75) is 13.3 Å². The van der Waals surface area contributed by atoms with Gasteiger partial charge in [0.1, 0.15) is 5.56 Å².